The van der Waals surface area contributed by atoms with Crippen LogP contribution in [0.1, 0.15) is 37.7 Å². The fraction of sp³-hybridized carbons (Fsp3) is 0.204. The molecule has 0 spiro atoms. The zero-order valence-corrected chi connectivity index (χ0v) is 39.8. The van der Waals surface area contributed by atoms with Crippen molar-refractivity contribution in [1.82, 2.24) is 15.0 Å². The van der Waals surface area contributed by atoms with Crippen LogP contribution in [0, 0.1) is 31.4 Å². The van der Waals surface area contributed by atoms with Gasteiger partial charge in [-0.3, -0.25) is 4.98 Å². The van der Waals surface area contributed by atoms with E-state index < -0.39 is 8.07 Å². The Morgan fingerprint density at radius 3 is 2.15 bits per heavy atom. The minimum Gasteiger partial charge on any atom is -0.516 e. The summed E-state index contributed by atoms with van der Waals surface area (Å²) in [5.74, 6) is 0.840. The molecule has 0 saturated heterocycles. The van der Waals surface area contributed by atoms with Crippen molar-refractivity contribution in [2.45, 2.75) is 60.7 Å². The summed E-state index contributed by atoms with van der Waals surface area (Å²) in [5.41, 5.74) is 13.6. The number of methoxy groups -OCH3 is 1. The van der Waals surface area contributed by atoms with Crippen LogP contribution in [0.3, 0.4) is 0 Å². The zero-order chi connectivity index (χ0) is 42.2. The number of nitrogens with zero attached hydrogens (tertiary/aromatic N) is 3. The van der Waals surface area contributed by atoms with E-state index in [1.54, 1.807) is 7.11 Å². The van der Waals surface area contributed by atoms with Crippen LogP contribution in [0.5, 0.6) is 5.75 Å². The summed E-state index contributed by atoms with van der Waals surface area (Å²) >= 11 is 0. The molecule has 0 amide bonds. The number of furan rings is 1. The molecule has 5 nitrogen and oxygen atoms in total. The maximum absolute atomic E-state index is 6.48. The van der Waals surface area contributed by atoms with Crippen LogP contribution in [0.4, 0.5) is 0 Å². The minimum atomic E-state index is -1.42. The quantitative estimate of drug-likeness (QED) is 0.118. The molecule has 1 radical (unpaired) electrons. The first-order chi connectivity index (χ1) is 28.7. The van der Waals surface area contributed by atoms with E-state index in [0.29, 0.717) is 0 Å². The van der Waals surface area contributed by atoms with Crippen molar-refractivity contribution in [3.63, 3.8) is 0 Å². The minimum absolute atomic E-state index is 0. The van der Waals surface area contributed by atoms with E-state index >= 15 is 0 Å². The second-order valence-corrected chi connectivity index (χ2v) is 22.9. The van der Waals surface area contributed by atoms with Crippen LogP contribution >= 0.6 is 0 Å². The molecule has 9 rings (SSSR count). The van der Waals surface area contributed by atoms with Crippen LogP contribution in [0.15, 0.2) is 138 Å². The fourth-order valence-electron chi connectivity index (χ4n) is 8.03. The molecule has 0 aliphatic carbocycles. The van der Waals surface area contributed by atoms with Gasteiger partial charge in [0.15, 0.2) is 0 Å². The third-order valence-corrected chi connectivity index (χ3v) is 12.8. The topological polar surface area (TPSA) is 61.0 Å². The molecule has 4 heterocycles. The van der Waals surface area contributed by atoms with Gasteiger partial charge in [0.05, 0.1) is 20.8 Å². The molecule has 0 aliphatic rings. The van der Waals surface area contributed by atoms with Gasteiger partial charge in [0.25, 0.3) is 0 Å². The molecular weight excluding hydrogens is 943 g/mol. The van der Waals surface area contributed by atoms with Crippen molar-refractivity contribution < 1.29 is 29.3 Å². The van der Waals surface area contributed by atoms with E-state index in [0.717, 1.165) is 95.5 Å². The van der Waals surface area contributed by atoms with Crippen molar-refractivity contribution in [2.24, 2.45) is 5.41 Å². The smallest absolute Gasteiger partial charge is 0.120 e. The summed E-state index contributed by atoms with van der Waals surface area (Å²) in [7, 11) is 0.270. The van der Waals surface area contributed by atoms with E-state index in [-0.39, 0.29) is 25.5 Å². The van der Waals surface area contributed by atoms with Crippen molar-refractivity contribution in [2.75, 3.05) is 7.11 Å². The molecule has 0 unspecified atom stereocenters. The Bertz CT molecular complexity index is 2990. The maximum Gasteiger partial charge on any atom is 0.120 e. The molecule has 0 atom stereocenters. The number of ether oxygens (including phenoxy) is 1. The molecule has 9 aromatic rings. The van der Waals surface area contributed by atoms with Crippen LogP contribution in [0.25, 0.3) is 77.5 Å². The average Bonchev–Trinajstić information content (AvgIpc) is 3.62. The van der Waals surface area contributed by atoms with Crippen LogP contribution in [-0.2, 0) is 26.5 Å². The Labute approximate surface area is 374 Å². The Morgan fingerprint density at radius 2 is 1.41 bits per heavy atom. The predicted molar refractivity (Wildman–Crippen MR) is 253 cm³/mol. The molecular formula is C54H51IrN3O2Si-2. The molecule has 0 N–H and O–H groups in total. The Hall–Kier alpha value is -5.72. The Balaban J connectivity index is 0.000000203. The summed E-state index contributed by atoms with van der Waals surface area (Å²) in [6, 6.07) is 48.5. The van der Waals surface area contributed by atoms with E-state index in [1.807, 2.05) is 56.4 Å². The number of aryl methyl sites for hydroxylation is 2. The molecule has 0 saturated carbocycles. The first kappa shape index (κ1) is 43.4. The number of hydrogen-bond donors (Lipinski definition) is 0. The van der Waals surface area contributed by atoms with Crippen molar-refractivity contribution in [3.05, 3.63) is 163 Å². The molecule has 0 bridgehead atoms. The second-order valence-electron chi connectivity index (χ2n) is 17.9. The first-order valence-electron chi connectivity index (χ1n) is 20.6. The first-order valence-corrected chi connectivity index (χ1v) is 24.1. The van der Waals surface area contributed by atoms with Gasteiger partial charge >= 0.3 is 0 Å². The maximum atomic E-state index is 6.48. The van der Waals surface area contributed by atoms with Gasteiger partial charge in [0, 0.05) is 55.0 Å². The number of benzene rings is 5. The molecule has 4 aromatic heterocycles. The summed E-state index contributed by atoms with van der Waals surface area (Å²) in [4.78, 5) is 14.0. The van der Waals surface area contributed by atoms with Crippen molar-refractivity contribution in [3.8, 4) is 50.5 Å². The van der Waals surface area contributed by atoms with Gasteiger partial charge in [-0.15, -0.1) is 42.0 Å². The van der Waals surface area contributed by atoms with Gasteiger partial charge in [-0.25, -0.2) is 0 Å². The predicted octanol–water partition coefficient (Wildman–Crippen LogP) is 13.6. The fourth-order valence-corrected chi connectivity index (χ4v) is 9.61. The van der Waals surface area contributed by atoms with E-state index in [4.69, 9.17) is 19.1 Å². The Morgan fingerprint density at radius 1 is 0.705 bits per heavy atom. The van der Waals surface area contributed by atoms with Gasteiger partial charge in [-0.1, -0.05) is 142 Å². The monoisotopic (exact) mass is 994 g/mol. The molecule has 0 fully saturated rings. The molecule has 309 valence electrons. The van der Waals surface area contributed by atoms with Gasteiger partial charge in [-0.2, -0.15) is 0 Å². The molecule has 7 heteroatoms. The number of para-hydroxylation sites is 1. The third-order valence-electron chi connectivity index (χ3n) is 10.7. The number of pyridine rings is 3. The van der Waals surface area contributed by atoms with Crippen LogP contribution in [-0.4, -0.2) is 30.1 Å². The third kappa shape index (κ3) is 9.60. The normalized spacial score (nSPS) is 11.6. The second kappa shape index (κ2) is 17.7. The summed E-state index contributed by atoms with van der Waals surface area (Å²) in [5, 5.41) is 5.88. The largest absolute Gasteiger partial charge is 0.516 e. The van der Waals surface area contributed by atoms with E-state index in [2.05, 4.69) is 149 Å². The SMILES string of the molecule is COc1cc[c-]c(-c2cc(CC(C)(C)C)c([Si](C)(C)C)cn2)c1.Cc1cc(-c2cccc(-c3c[c-]c(-c4cc5ccccc5cn4)c4oc5ccccc5c34)c2)cc(C)n1.[Ir]. The van der Waals surface area contributed by atoms with Crippen molar-refractivity contribution in [1.29, 1.82) is 0 Å². The Kier molecular flexibility index (Phi) is 12.6. The zero-order valence-electron chi connectivity index (χ0n) is 36.4. The molecule has 0 aliphatic heterocycles. The summed E-state index contributed by atoms with van der Waals surface area (Å²) in [6.45, 7) is 18.1. The van der Waals surface area contributed by atoms with Gasteiger partial charge < -0.3 is 19.1 Å². The van der Waals surface area contributed by atoms with E-state index in [1.165, 1.54) is 16.3 Å². The number of aromatic nitrogens is 3. The van der Waals surface area contributed by atoms with Crippen LogP contribution in [0.2, 0.25) is 19.6 Å². The van der Waals surface area contributed by atoms with Gasteiger partial charge in [-0.05, 0) is 87.7 Å². The number of fused-ring (bicyclic) bond motifs is 4. The summed E-state index contributed by atoms with van der Waals surface area (Å²) < 4.78 is 11.8. The summed E-state index contributed by atoms with van der Waals surface area (Å²) in [6.07, 6.45) is 5.07. The number of hydrogen-bond acceptors (Lipinski definition) is 5. The van der Waals surface area contributed by atoms with E-state index in [9.17, 15) is 0 Å². The number of rotatable bonds is 7. The van der Waals surface area contributed by atoms with Gasteiger partial charge in [0.2, 0.25) is 0 Å². The van der Waals surface area contributed by atoms with Crippen molar-refractivity contribution >= 4 is 46.0 Å². The standard InChI is InChI=1S/C34H23N2O.C20H28NOSi.Ir/c1-21-16-27(17-22(2)36-21)23-10-7-11-25(18-23)28-14-15-29(31-19-24-8-3-4-9-26(24)20-35-31)34-33(28)30-12-5-6-13-32(30)37-34;1-20(2,3)13-16-12-18(21-14-19(16)23(5,6)7)15-9-8-10-17(11-15)22-4;/h3-14,16-20H,1-2H3;8,10-12,14H,13H2,1-7H3;/q2*-1;. The van der Waals surface area contributed by atoms with Gasteiger partial charge in [0.1, 0.15) is 5.58 Å². The molecule has 5 aromatic carbocycles. The average molecular weight is 994 g/mol. The molecule has 61 heavy (non-hydrogen) atoms. The van der Waals surface area contributed by atoms with Crippen LogP contribution < -0.4 is 9.92 Å².